The second-order valence-electron chi connectivity index (χ2n) is 5.03. The highest BCUT2D eigenvalue weighted by Gasteiger charge is 2.04. The molecular formula is C18H21BrN2O2. The van der Waals surface area contributed by atoms with Crippen LogP contribution in [0.15, 0.2) is 46.9 Å². The fourth-order valence-electron chi connectivity index (χ4n) is 2.14. The Morgan fingerprint density at radius 3 is 2.57 bits per heavy atom. The van der Waals surface area contributed by atoms with Crippen LogP contribution in [0.25, 0.3) is 0 Å². The van der Waals surface area contributed by atoms with Crippen LogP contribution in [-0.2, 0) is 6.42 Å². The lowest BCUT2D eigenvalue weighted by Crippen LogP contribution is -2.23. The Balaban J connectivity index is 1.71. The van der Waals surface area contributed by atoms with Crippen molar-refractivity contribution >= 4 is 22.1 Å². The molecule has 0 spiro atoms. The van der Waals surface area contributed by atoms with E-state index >= 15 is 0 Å². The van der Waals surface area contributed by atoms with Gasteiger partial charge in [0.1, 0.15) is 6.61 Å². The molecule has 2 aromatic rings. The number of hydrogen-bond acceptors (Lipinski definition) is 4. The van der Waals surface area contributed by atoms with Gasteiger partial charge in [-0.25, -0.2) is 0 Å². The van der Waals surface area contributed by atoms with Gasteiger partial charge in [0.25, 0.3) is 0 Å². The number of halogens is 1. The Morgan fingerprint density at radius 2 is 1.87 bits per heavy atom. The van der Waals surface area contributed by atoms with E-state index < -0.39 is 0 Å². The molecule has 0 unspecified atom stereocenters. The quantitative estimate of drug-likeness (QED) is 0.518. The van der Waals surface area contributed by atoms with E-state index in [2.05, 4.69) is 45.5 Å². The predicted molar refractivity (Wildman–Crippen MR) is 97.1 cm³/mol. The molecular weight excluding hydrogens is 356 g/mol. The zero-order valence-corrected chi connectivity index (χ0v) is 14.7. The van der Waals surface area contributed by atoms with Crippen LogP contribution in [0.2, 0.25) is 0 Å². The summed E-state index contributed by atoms with van der Waals surface area (Å²) in [7, 11) is 1.61. The number of ether oxygens (including phenoxy) is 2. The summed E-state index contributed by atoms with van der Waals surface area (Å²) in [6, 6.07) is 13.8. The molecule has 23 heavy (non-hydrogen) atoms. The van der Waals surface area contributed by atoms with Crippen molar-refractivity contribution in [3.8, 4) is 11.5 Å². The molecule has 0 heterocycles. The number of rotatable bonds is 9. The molecule has 4 nitrogen and oxygen atoms in total. The minimum Gasteiger partial charge on any atom is -0.493 e. The van der Waals surface area contributed by atoms with E-state index in [1.165, 1.54) is 11.8 Å². The van der Waals surface area contributed by atoms with E-state index in [1.807, 2.05) is 18.2 Å². The van der Waals surface area contributed by atoms with E-state index in [-0.39, 0.29) is 0 Å². The maximum Gasteiger partial charge on any atom is 0.161 e. The molecule has 0 bridgehead atoms. The Hall–Kier alpha value is -1.85. The summed E-state index contributed by atoms with van der Waals surface area (Å²) >= 11 is 3.44. The van der Waals surface area contributed by atoms with Gasteiger partial charge in [0, 0.05) is 17.2 Å². The smallest absolute Gasteiger partial charge is 0.161 e. The van der Waals surface area contributed by atoms with Gasteiger partial charge in [0.05, 0.1) is 7.11 Å². The summed E-state index contributed by atoms with van der Waals surface area (Å²) in [6.45, 7) is 2.22. The summed E-state index contributed by atoms with van der Waals surface area (Å²) in [5.41, 5.74) is 2.10. The van der Waals surface area contributed by atoms with Crippen LogP contribution in [-0.4, -0.2) is 33.0 Å². The molecule has 0 aromatic heterocycles. The van der Waals surface area contributed by atoms with Crippen LogP contribution in [0.1, 0.15) is 11.1 Å². The Bertz CT molecular complexity index is 629. The lowest BCUT2D eigenvalue weighted by Gasteiger charge is -2.12. The Kier molecular flexibility index (Phi) is 7.10. The van der Waals surface area contributed by atoms with Gasteiger partial charge in [0.15, 0.2) is 11.5 Å². The second kappa shape index (κ2) is 9.33. The van der Waals surface area contributed by atoms with Crippen LogP contribution in [0.3, 0.4) is 0 Å². The maximum atomic E-state index is 7.29. The number of nitrogens with one attached hydrogen (secondary N) is 2. The third-order valence-electron chi connectivity index (χ3n) is 3.39. The molecule has 0 amide bonds. The lowest BCUT2D eigenvalue weighted by atomic mass is 10.1. The topological polar surface area (TPSA) is 54.3 Å². The van der Waals surface area contributed by atoms with Crippen LogP contribution in [0.5, 0.6) is 11.5 Å². The first-order valence-corrected chi connectivity index (χ1v) is 8.28. The van der Waals surface area contributed by atoms with Crippen molar-refractivity contribution in [2.75, 3.05) is 26.8 Å². The van der Waals surface area contributed by atoms with Crippen molar-refractivity contribution in [2.24, 2.45) is 0 Å². The average Bonchev–Trinajstić information content (AvgIpc) is 2.59. The van der Waals surface area contributed by atoms with Gasteiger partial charge in [-0.15, -0.1) is 0 Å². The highest BCUT2D eigenvalue weighted by atomic mass is 79.9. The highest BCUT2D eigenvalue weighted by Crippen LogP contribution is 2.27. The van der Waals surface area contributed by atoms with Gasteiger partial charge >= 0.3 is 0 Å². The second-order valence-corrected chi connectivity index (χ2v) is 5.95. The number of benzene rings is 2. The van der Waals surface area contributed by atoms with Gasteiger partial charge in [0.2, 0.25) is 0 Å². The van der Waals surface area contributed by atoms with Crippen molar-refractivity contribution in [1.82, 2.24) is 5.32 Å². The molecule has 0 atom stereocenters. The normalized spacial score (nSPS) is 10.3. The zero-order chi connectivity index (χ0) is 16.5. The van der Waals surface area contributed by atoms with Crippen molar-refractivity contribution in [3.05, 3.63) is 58.1 Å². The Morgan fingerprint density at radius 1 is 1.09 bits per heavy atom. The first-order chi connectivity index (χ1) is 11.2. The third-order valence-corrected chi connectivity index (χ3v) is 3.92. The van der Waals surface area contributed by atoms with Crippen LogP contribution in [0, 0.1) is 5.41 Å². The first kappa shape index (κ1) is 17.5. The maximum absolute atomic E-state index is 7.29. The third kappa shape index (κ3) is 5.69. The van der Waals surface area contributed by atoms with E-state index in [0.29, 0.717) is 18.1 Å². The van der Waals surface area contributed by atoms with Crippen molar-refractivity contribution in [2.45, 2.75) is 6.42 Å². The molecule has 2 aromatic carbocycles. The van der Waals surface area contributed by atoms with E-state index in [0.717, 1.165) is 29.5 Å². The molecule has 2 N–H and O–H groups in total. The molecule has 0 aliphatic heterocycles. The molecule has 2 rings (SSSR count). The van der Waals surface area contributed by atoms with Gasteiger partial charge in [-0.1, -0.05) is 28.1 Å². The predicted octanol–water partition coefficient (Wildman–Crippen LogP) is 3.67. The highest BCUT2D eigenvalue weighted by molar-refractivity contribution is 9.10. The molecule has 5 heteroatoms. The SMILES string of the molecule is COc1ccc(C=N)cc1OCCNCCc1ccc(Br)cc1. The lowest BCUT2D eigenvalue weighted by molar-refractivity contribution is 0.292. The van der Waals surface area contributed by atoms with E-state index in [9.17, 15) is 0 Å². The summed E-state index contributed by atoms with van der Waals surface area (Å²) in [5, 5.41) is 10.7. The summed E-state index contributed by atoms with van der Waals surface area (Å²) in [4.78, 5) is 0. The van der Waals surface area contributed by atoms with Crippen molar-refractivity contribution in [1.29, 1.82) is 5.41 Å². The number of methoxy groups -OCH3 is 1. The van der Waals surface area contributed by atoms with Gasteiger partial charge < -0.3 is 20.2 Å². The minimum atomic E-state index is 0.554. The van der Waals surface area contributed by atoms with Crippen molar-refractivity contribution < 1.29 is 9.47 Å². The molecule has 0 saturated carbocycles. The summed E-state index contributed by atoms with van der Waals surface area (Å²) < 4.78 is 12.1. The van der Waals surface area contributed by atoms with Gasteiger partial charge in [-0.05, 0) is 54.4 Å². The largest absolute Gasteiger partial charge is 0.493 e. The monoisotopic (exact) mass is 376 g/mol. The fourth-order valence-corrected chi connectivity index (χ4v) is 2.40. The number of hydrogen-bond donors (Lipinski definition) is 2. The van der Waals surface area contributed by atoms with Crippen LogP contribution >= 0.6 is 15.9 Å². The molecule has 0 radical (unpaired) electrons. The van der Waals surface area contributed by atoms with E-state index in [1.54, 1.807) is 7.11 Å². The summed E-state index contributed by atoms with van der Waals surface area (Å²) in [5.74, 6) is 1.36. The molecule has 0 aliphatic carbocycles. The van der Waals surface area contributed by atoms with Crippen LogP contribution < -0.4 is 14.8 Å². The minimum absolute atomic E-state index is 0.554. The molecule has 0 saturated heterocycles. The fraction of sp³-hybridized carbons (Fsp3) is 0.278. The summed E-state index contributed by atoms with van der Waals surface area (Å²) in [6.07, 6.45) is 2.28. The Labute approximate surface area is 145 Å². The first-order valence-electron chi connectivity index (χ1n) is 7.49. The van der Waals surface area contributed by atoms with Crippen molar-refractivity contribution in [3.63, 3.8) is 0 Å². The van der Waals surface area contributed by atoms with E-state index in [4.69, 9.17) is 14.9 Å². The average molecular weight is 377 g/mol. The van der Waals surface area contributed by atoms with Gasteiger partial charge in [-0.3, -0.25) is 0 Å². The molecule has 122 valence electrons. The van der Waals surface area contributed by atoms with Crippen LogP contribution in [0.4, 0.5) is 0 Å². The molecule has 0 aliphatic rings. The standard InChI is InChI=1S/C18H21BrN2O2/c1-22-17-7-4-15(13-20)12-18(17)23-11-10-21-9-8-14-2-5-16(19)6-3-14/h2-7,12-13,20-21H,8-11H2,1H3. The molecule has 0 fully saturated rings. The zero-order valence-electron chi connectivity index (χ0n) is 13.1. The van der Waals surface area contributed by atoms with Gasteiger partial charge in [-0.2, -0.15) is 0 Å².